The molecule has 186 valence electrons. The van der Waals surface area contributed by atoms with Gasteiger partial charge in [-0.25, -0.2) is 9.78 Å². The molecule has 0 bridgehead atoms. The number of β-amino-alcohol motifs (C(OH)–C–C–N with tert-alkyl or cyclic N) is 2. The Morgan fingerprint density at radius 2 is 1.76 bits per heavy atom. The number of aryl methyl sites for hydroxylation is 1. The molecule has 13 heteroatoms. The first kappa shape index (κ1) is 24.1. The molecule has 2 aliphatic rings. The molecule has 0 aliphatic carbocycles. The van der Waals surface area contributed by atoms with Crippen LogP contribution in [0.3, 0.4) is 0 Å². The highest BCUT2D eigenvalue weighted by Crippen LogP contribution is 2.34. The lowest BCUT2D eigenvalue weighted by Gasteiger charge is -2.35. The summed E-state index contributed by atoms with van der Waals surface area (Å²) in [5.41, 5.74) is -2.48. The molecule has 2 aliphatic heterocycles. The number of carbonyl (C=O) groups excluding carboxylic acids is 2. The van der Waals surface area contributed by atoms with E-state index in [1.807, 2.05) is 0 Å². The number of hydrogen-bond donors (Lipinski definition) is 3. The first-order valence-electron chi connectivity index (χ1n) is 11.1. The topological polar surface area (TPSA) is 163 Å². The normalized spacial score (nSPS) is 30.1. The van der Waals surface area contributed by atoms with Crippen molar-refractivity contribution in [1.82, 2.24) is 28.5 Å². The van der Waals surface area contributed by atoms with Crippen LogP contribution in [0, 0.1) is 0 Å². The molecule has 2 fully saturated rings. The molecule has 4 rings (SSSR count). The van der Waals surface area contributed by atoms with Crippen molar-refractivity contribution in [2.45, 2.75) is 56.6 Å². The summed E-state index contributed by atoms with van der Waals surface area (Å²) < 4.78 is 3.61. The van der Waals surface area contributed by atoms with Gasteiger partial charge in [-0.1, -0.05) is 0 Å². The van der Waals surface area contributed by atoms with Crippen LogP contribution in [-0.4, -0.2) is 99.1 Å². The molecule has 3 N–H and O–H groups in total. The number of likely N-dealkylation sites (tertiary alicyclic amines) is 2. The molecule has 2 aromatic rings. The number of nitrogens with zero attached hydrogens (tertiary/aromatic N) is 6. The zero-order valence-electron chi connectivity index (χ0n) is 19.6. The van der Waals surface area contributed by atoms with Crippen molar-refractivity contribution < 1.29 is 24.9 Å². The number of fused-ring (bicyclic) bond motifs is 1. The van der Waals surface area contributed by atoms with E-state index in [0.717, 1.165) is 4.57 Å². The van der Waals surface area contributed by atoms with Gasteiger partial charge in [-0.05, 0) is 6.92 Å². The van der Waals surface area contributed by atoms with Gasteiger partial charge in [0, 0.05) is 53.5 Å². The minimum absolute atomic E-state index is 0.0412. The third-order valence-corrected chi connectivity index (χ3v) is 6.98. The van der Waals surface area contributed by atoms with Crippen molar-refractivity contribution in [2.75, 3.05) is 19.6 Å². The van der Waals surface area contributed by atoms with Crippen LogP contribution in [-0.2, 0) is 23.7 Å². The molecule has 0 aromatic carbocycles. The number of aliphatic hydroxyl groups is 3. The van der Waals surface area contributed by atoms with E-state index >= 15 is 0 Å². The van der Waals surface area contributed by atoms with Gasteiger partial charge in [-0.3, -0.25) is 23.5 Å². The first-order valence-corrected chi connectivity index (χ1v) is 11.1. The minimum atomic E-state index is -1.54. The summed E-state index contributed by atoms with van der Waals surface area (Å²) in [6.45, 7) is 2.69. The van der Waals surface area contributed by atoms with Crippen molar-refractivity contribution in [3.05, 3.63) is 27.2 Å². The number of rotatable bonds is 2. The van der Waals surface area contributed by atoms with Crippen LogP contribution in [0.5, 0.6) is 0 Å². The molecule has 0 spiro atoms. The summed E-state index contributed by atoms with van der Waals surface area (Å²) in [5.74, 6) is -0.808. The Morgan fingerprint density at radius 3 is 2.41 bits per heavy atom. The van der Waals surface area contributed by atoms with Crippen molar-refractivity contribution in [3.8, 4) is 0 Å². The lowest BCUT2D eigenvalue weighted by molar-refractivity contribution is -0.143. The van der Waals surface area contributed by atoms with Crippen molar-refractivity contribution >= 4 is 23.0 Å². The number of hydrogen-bond acceptors (Lipinski definition) is 8. The highest BCUT2D eigenvalue weighted by atomic mass is 16.3. The molecule has 0 radical (unpaired) electrons. The summed E-state index contributed by atoms with van der Waals surface area (Å²) in [5, 5.41) is 32.0. The fraction of sp³-hybridized carbons (Fsp3) is 0.667. The van der Waals surface area contributed by atoms with Crippen LogP contribution in [0.4, 0.5) is 0 Å². The quantitative estimate of drug-likeness (QED) is 0.420. The average molecular weight is 479 g/mol. The van der Waals surface area contributed by atoms with E-state index in [-0.39, 0.29) is 49.5 Å². The van der Waals surface area contributed by atoms with E-state index in [1.54, 1.807) is 0 Å². The van der Waals surface area contributed by atoms with Crippen LogP contribution in [0.2, 0.25) is 0 Å². The van der Waals surface area contributed by atoms with E-state index in [1.165, 1.54) is 53.2 Å². The Kier molecular flexibility index (Phi) is 5.90. The Morgan fingerprint density at radius 1 is 1.09 bits per heavy atom. The van der Waals surface area contributed by atoms with E-state index in [4.69, 9.17) is 0 Å². The predicted molar refractivity (Wildman–Crippen MR) is 119 cm³/mol. The van der Waals surface area contributed by atoms with Crippen molar-refractivity contribution in [3.63, 3.8) is 0 Å². The van der Waals surface area contributed by atoms with Crippen molar-refractivity contribution in [2.24, 2.45) is 14.1 Å². The Bertz CT molecular complexity index is 1260. The highest BCUT2D eigenvalue weighted by Gasteiger charge is 2.45. The smallest absolute Gasteiger partial charge is 0.332 e. The monoisotopic (exact) mass is 478 g/mol. The van der Waals surface area contributed by atoms with Gasteiger partial charge in [0.25, 0.3) is 5.56 Å². The van der Waals surface area contributed by atoms with Gasteiger partial charge in [-0.15, -0.1) is 0 Å². The largest absolute Gasteiger partial charge is 0.391 e. The van der Waals surface area contributed by atoms with Crippen LogP contribution in [0.25, 0.3) is 11.2 Å². The fourth-order valence-electron chi connectivity index (χ4n) is 5.19. The van der Waals surface area contributed by atoms with Gasteiger partial charge >= 0.3 is 5.69 Å². The second-order valence-corrected chi connectivity index (χ2v) is 9.58. The molecule has 2 aromatic heterocycles. The summed E-state index contributed by atoms with van der Waals surface area (Å²) in [6, 6.07) is -1.78. The maximum absolute atomic E-state index is 13.5. The third-order valence-electron chi connectivity index (χ3n) is 6.98. The second kappa shape index (κ2) is 8.32. The number of aliphatic hydroxyl groups excluding tert-OH is 2. The van der Waals surface area contributed by atoms with Gasteiger partial charge in [0.05, 0.1) is 30.2 Å². The van der Waals surface area contributed by atoms with Crippen molar-refractivity contribution in [1.29, 1.82) is 0 Å². The molecular formula is C21H30N6O7. The van der Waals surface area contributed by atoms with E-state index in [9.17, 15) is 34.5 Å². The average Bonchev–Trinajstić information content (AvgIpc) is 3.33. The second-order valence-electron chi connectivity index (χ2n) is 9.58. The molecule has 0 saturated carbocycles. The third kappa shape index (κ3) is 3.83. The van der Waals surface area contributed by atoms with E-state index in [2.05, 4.69) is 4.98 Å². The minimum Gasteiger partial charge on any atom is -0.391 e. The van der Waals surface area contributed by atoms with E-state index in [0.29, 0.717) is 0 Å². The maximum Gasteiger partial charge on any atom is 0.332 e. The Balaban J connectivity index is 1.79. The molecule has 2 saturated heterocycles. The molecule has 5 atom stereocenters. The molecular weight excluding hydrogens is 448 g/mol. The van der Waals surface area contributed by atoms with Crippen LogP contribution >= 0.6 is 0 Å². The Labute approximate surface area is 194 Å². The molecule has 34 heavy (non-hydrogen) atoms. The molecule has 4 heterocycles. The summed E-state index contributed by atoms with van der Waals surface area (Å²) in [4.78, 5) is 57.6. The first-order chi connectivity index (χ1) is 15.8. The van der Waals surface area contributed by atoms with Gasteiger partial charge in [0.15, 0.2) is 11.2 Å². The van der Waals surface area contributed by atoms with Gasteiger partial charge in [-0.2, -0.15) is 0 Å². The number of amides is 2. The van der Waals surface area contributed by atoms with Crippen LogP contribution in [0.1, 0.15) is 32.7 Å². The molecule has 0 unspecified atom stereocenters. The van der Waals surface area contributed by atoms with Gasteiger partial charge in [0.2, 0.25) is 11.8 Å². The standard InChI is InChI=1S/C21H30N6O7/c1-11(28)26-8-12(29)5-14(26)18(31)25-7-13(30)6-21(2,34)15(9-25)27-10-22-17-16(27)19(32)24(4)20(33)23(17)3/h10,12-15,29-30,34H,5-9H2,1-4H3/t12-,13+,14+,15-,21-/m1/s1. The maximum atomic E-state index is 13.5. The zero-order chi connectivity index (χ0) is 25.1. The van der Waals surface area contributed by atoms with Gasteiger partial charge in [0.1, 0.15) is 6.04 Å². The lowest BCUT2D eigenvalue weighted by atomic mass is 9.91. The molecule has 2 amide bonds. The van der Waals surface area contributed by atoms with Gasteiger partial charge < -0.3 is 29.7 Å². The van der Waals surface area contributed by atoms with E-state index < -0.39 is 47.0 Å². The highest BCUT2D eigenvalue weighted by molar-refractivity contribution is 5.87. The fourth-order valence-corrected chi connectivity index (χ4v) is 5.19. The predicted octanol–water partition coefficient (Wildman–Crippen LogP) is -2.70. The summed E-state index contributed by atoms with van der Waals surface area (Å²) in [6.07, 6.45) is -0.579. The van der Waals surface area contributed by atoms with Crippen LogP contribution < -0.4 is 11.2 Å². The number of carbonyl (C=O) groups is 2. The SMILES string of the molecule is CC(=O)N1C[C@H](O)C[C@H]1C(=O)N1C[C@@H](O)C[C@@](C)(O)[C@H](n2cnc3c2c(=O)n(C)c(=O)n3C)C1. The zero-order valence-corrected chi connectivity index (χ0v) is 19.6. The number of imidazole rings is 1. The number of aromatic nitrogens is 4. The Hall–Kier alpha value is -3.03. The summed E-state index contributed by atoms with van der Waals surface area (Å²) in [7, 11) is 2.82. The summed E-state index contributed by atoms with van der Waals surface area (Å²) >= 11 is 0. The molecule has 13 nitrogen and oxygen atoms in total. The van der Waals surface area contributed by atoms with Crippen LogP contribution in [0.15, 0.2) is 15.9 Å². The lowest BCUT2D eigenvalue weighted by Crippen LogP contribution is -2.50.